The molecular formula is C9H12FN3O3S. The molecule has 0 atom stereocenters. The summed E-state index contributed by atoms with van der Waals surface area (Å²) in [7, 11) is -2.60. The molecule has 94 valence electrons. The van der Waals surface area contributed by atoms with Crippen molar-refractivity contribution in [3.8, 4) is 0 Å². The Morgan fingerprint density at radius 1 is 1.59 bits per heavy atom. The fraction of sp³-hybridized carbons (Fsp3) is 0.222. The molecule has 0 aromatic heterocycles. The van der Waals surface area contributed by atoms with E-state index in [-0.39, 0.29) is 17.3 Å². The maximum atomic E-state index is 12.9. The van der Waals surface area contributed by atoms with Gasteiger partial charge < -0.3 is 10.9 Å². The largest absolute Gasteiger partial charge is 0.409 e. The number of hydrogen-bond acceptors (Lipinski definition) is 4. The lowest BCUT2D eigenvalue weighted by molar-refractivity contribution is 0.315. The molecule has 0 saturated heterocycles. The molecule has 1 aromatic rings. The highest BCUT2D eigenvalue weighted by Crippen LogP contribution is 2.14. The van der Waals surface area contributed by atoms with E-state index in [9.17, 15) is 12.8 Å². The minimum absolute atomic E-state index is 0.189. The van der Waals surface area contributed by atoms with Gasteiger partial charge in [0.1, 0.15) is 5.82 Å². The highest BCUT2D eigenvalue weighted by atomic mass is 32.2. The van der Waals surface area contributed by atoms with E-state index in [1.807, 2.05) is 0 Å². The maximum Gasteiger partial charge on any atom is 0.243 e. The van der Waals surface area contributed by atoms with Crippen molar-refractivity contribution < 1.29 is 18.0 Å². The summed E-state index contributed by atoms with van der Waals surface area (Å²) in [5.74, 6) is -0.907. The van der Waals surface area contributed by atoms with Gasteiger partial charge in [0.2, 0.25) is 10.0 Å². The molecule has 0 amide bonds. The number of rotatable bonds is 4. The Hall–Kier alpha value is -1.67. The van der Waals surface area contributed by atoms with Crippen LogP contribution in [-0.4, -0.2) is 37.4 Å². The number of benzene rings is 1. The van der Waals surface area contributed by atoms with Crippen LogP contribution in [0.15, 0.2) is 34.3 Å². The van der Waals surface area contributed by atoms with Crippen molar-refractivity contribution in [3.63, 3.8) is 0 Å². The molecule has 1 rings (SSSR count). The van der Waals surface area contributed by atoms with Crippen molar-refractivity contribution in [2.75, 3.05) is 13.6 Å². The first kappa shape index (κ1) is 13.4. The van der Waals surface area contributed by atoms with Gasteiger partial charge in [-0.2, -0.15) is 4.31 Å². The second kappa shape index (κ2) is 5.11. The number of oxime groups is 1. The van der Waals surface area contributed by atoms with Gasteiger partial charge in [-0.25, -0.2) is 12.8 Å². The maximum absolute atomic E-state index is 12.9. The Morgan fingerprint density at radius 2 is 2.24 bits per heavy atom. The van der Waals surface area contributed by atoms with Crippen LogP contribution in [0.3, 0.4) is 0 Å². The predicted molar refractivity (Wildman–Crippen MR) is 59.6 cm³/mol. The molecule has 0 saturated carbocycles. The van der Waals surface area contributed by atoms with Crippen molar-refractivity contribution >= 4 is 15.9 Å². The molecule has 17 heavy (non-hydrogen) atoms. The molecule has 0 bridgehead atoms. The third kappa shape index (κ3) is 3.14. The highest BCUT2D eigenvalue weighted by Gasteiger charge is 2.21. The Balaban J connectivity index is 3.03. The molecule has 0 aliphatic carbocycles. The summed E-state index contributed by atoms with van der Waals surface area (Å²) in [5, 5.41) is 11.0. The van der Waals surface area contributed by atoms with E-state index in [0.717, 1.165) is 16.4 Å². The summed E-state index contributed by atoms with van der Waals surface area (Å²) in [4.78, 5) is -0.189. The van der Waals surface area contributed by atoms with Crippen LogP contribution in [0.1, 0.15) is 0 Å². The predicted octanol–water partition coefficient (Wildman–Crippen LogP) is 0.193. The van der Waals surface area contributed by atoms with Crippen LogP contribution in [0, 0.1) is 5.82 Å². The van der Waals surface area contributed by atoms with E-state index in [1.165, 1.54) is 19.2 Å². The van der Waals surface area contributed by atoms with E-state index in [1.54, 1.807) is 0 Å². The lowest BCUT2D eigenvalue weighted by Gasteiger charge is -2.16. The third-order valence-electron chi connectivity index (χ3n) is 2.02. The fourth-order valence-electron chi connectivity index (χ4n) is 1.15. The van der Waals surface area contributed by atoms with E-state index in [2.05, 4.69) is 5.16 Å². The zero-order valence-corrected chi connectivity index (χ0v) is 9.85. The van der Waals surface area contributed by atoms with Gasteiger partial charge in [-0.3, -0.25) is 0 Å². The van der Waals surface area contributed by atoms with Crippen molar-refractivity contribution in [1.82, 2.24) is 4.31 Å². The van der Waals surface area contributed by atoms with Crippen molar-refractivity contribution in [3.05, 3.63) is 30.1 Å². The second-order valence-electron chi connectivity index (χ2n) is 3.31. The summed E-state index contributed by atoms with van der Waals surface area (Å²) in [6.45, 7) is -0.282. The molecular weight excluding hydrogens is 249 g/mol. The Kier molecular flexibility index (Phi) is 4.02. The average molecular weight is 261 g/mol. The number of amidine groups is 1. The van der Waals surface area contributed by atoms with Gasteiger partial charge in [0, 0.05) is 7.05 Å². The Labute approximate surface area is 98.2 Å². The van der Waals surface area contributed by atoms with Crippen LogP contribution in [0.4, 0.5) is 4.39 Å². The van der Waals surface area contributed by atoms with Gasteiger partial charge in [-0.05, 0) is 18.2 Å². The number of nitrogens with zero attached hydrogens (tertiary/aromatic N) is 2. The summed E-state index contributed by atoms with van der Waals surface area (Å²) in [6, 6.07) is 4.60. The Morgan fingerprint density at radius 3 is 2.76 bits per heavy atom. The van der Waals surface area contributed by atoms with Crippen LogP contribution < -0.4 is 5.73 Å². The van der Waals surface area contributed by atoms with E-state index < -0.39 is 15.8 Å². The number of hydrogen-bond donors (Lipinski definition) is 2. The number of sulfonamides is 1. The molecule has 0 unspecified atom stereocenters. The monoisotopic (exact) mass is 261 g/mol. The Bertz CT molecular complexity index is 530. The fourth-order valence-corrected chi connectivity index (χ4v) is 2.33. The summed E-state index contributed by atoms with van der Waals surface area (Å²) < 4.78 is 37.6. The second-order valence-corrected chi connectivity index (χ2v) is 5.35. The number of nitrogens with two attached hydrogens (primary N) is 1. The quantitative estimate of drug-likeness (QED) is 0.350. The van der Waals surface area contributed by atoms with Gasteiger partial charge in [-0.1, -0.05) is 11.2 Å². The number of likely N-dealkylation sites (N-methyl/N-ethyl adjacent to an activating group) is 1. The lowest BCUT2D eigenvalue weighted by atomic mass is 10.4. The minimum atomic E-state index is -3.85. The van der Waals surface area contributed by atoms with Crippen LogP contribution in [0.2, 0.25) is 0 Å². The van der Waals surface area contributed by atoms with Crippen LogP contribution in [-0.2, 0) is 10.0 Å². The zero-order valence-electron chi connectivity index (χ0n) is 9.04. The summed E-state index contributed by atoms with van der Waals surface area (Å²) in [5.41, 5.74) is 5.20. The molecule has 6 nitrogen and oxygen atoms in total. The average Bonchev–Trinajstić information content (AvgIpc) is 2.28. The van der Waals surface area contributed by atoms with E-state index >= 15 is 0 Å². The first-order valence-electron chi connectivity index (χ1n) is 4.56. The summed E-state index contributed by atoms with van der Waals surface area (Å²) >= 11 is 0. The minimum Gasteiger partial charge on any atom is -0.409 e. The van der Waals surface area contributed by atoms with Gasteiger partial charge in [-0.15, -0.1) is 0 Å². The first-order chi connectivity index (χ1) is 7.87. The van der Waals surface area contributed by atoms with Crippen molar-refractivity contribution in [2.45, 2.75) is 4.90 Å². The molecule has 8 heteroatoms. The smallest absolute Gasteiger partial charge is 0.243 e. The molecule has 0 radical (unpaired) electrons. The third-order valence-corrected chi connectivity index (χ3v) is 3.82. The van der Waals surface area contributed by atoms with Crippen molar-refractivity contribution in [2.24, 2.45) is 10.9 Å². The standard InChI is InChI=1S/C9H12FN3O3S/c1-13(6-9(11)12-14)17(15,16)8-4-2-3-7(10)5-8/h2-5,14H,6H2,1H3,(H2,11,12). The number of halogens is 1. The SMILES string of the molecule is CN(CC(N)=NO)S(=O)(=O)c1cccc(F)c1. The van der Waals surface area contributed by atoms with E-state index in [0.29, 0.717) is 0 Å². The molecule has 0 fully saturated rings. The van der Waals surface area contributed by atoms with Gasteiger partial charge >= 0.3 is 0 Å². The molecule has 0 heterocycles. The van der Waals surface area contributed by atoms with Gasteiger partial charge in [0.05, 0.1) is 11.4 Å². The molecule has 0 spiro atoms. The summed E-state index contributed by atoms with van der Waals surface area (Å²) in [6.07, 6.45) is 0. The van der Waals surface area contributed by atoms with Gasteiger partial charge in [0.25, 0.3) is 0 Å². The van der Waals surface area contributed by atoms with Crippen molar-refractivity contribution in [1.29, 1.82) is 0 Å². The van der Waals surface area contributed by atoms with Crippen LogP contribution in [0.5, 0.6) is 0 Å². The molecule has 1 aromatic carbocycles. The van der Waals surface area contributed by atoms with E-state index in [4.69, 9.17) is 10.9 Å². The first-order valence-corrected chi connectivity index (χ1v) is 6.00. The molecule has 3 N–H and O–H groups in total. The normalized spacial score (nSPS) is 13.0. The van der Waals surface area contributed by atoms with Crippen LogP contribution >= 0.6 is 0 Å². The zero-order chi connectivity index (χ0) is 13.1. The molecule has 0 aliphatic rings. The topological polar surface area (TPSA) is 96.0 Å². The molecule has 0 aliphatic heterocycles. The van der Waals surface area contributed by atoms with Crippen LogP contribution in [0.25, 0.3) is 0 Å². The van der Waals surface area contributed by atoms with Gasteiger partial charge in [0.15, 0.2) is 5.84 Å². The highest BCUT2D eigenvalue weighted by molar-refractivity contribution is 7.89. The lowest BCUT2D eigenvalue weighted by Crippen LogP contribution is -2.35.